The van der Waals surface area contributed by atoms with E-state index in [0.717, 1.165) is 25.9 Å². The third-order valence-electron chi connectivity index (χ3n) is 3.28. The smallest absolute Gasteiger partial charge is 0.290 e. The van der Waals surface area contributed by atoms with Gasteiger partial charge in [-0.25, -0.2) is 0 Å². The van der Waals surface area contributed by atoms with Crippen LogP contribution < -0.4 is 5.73 Å². The number of carbonyl (C=O) groups excluding carboxylic acids is 1. The predicted molar refractivity (Wildman–Crippen MR) is 69.5 cm³/mol. The van der Waals surface area contributed by atoms with Gasteiger partial charge in [-0.15, -0.1) is 0 Å². The van der Waals surface area contributed by atoms with Crippen LogP contribution in [0.3, 0.4) is 0 Å². The van der Waals surface area contributed by atoms with Gasteiger partial charge in [0.2, 0.25) is 5.89 Å². The second-order valence-corrected chi connectivity index (χ2v) is 5.36. The molecule has 100 valence electrons. The summed E-state index contributed by atoms with van der Waals surface area (Å²) in [6.07, 6.45) is 2.05. The first-order valence-corrected chi connectivity index (χ1v) is 7.07. The number of rotatable bonds is 4. The highest BCUT2D eigenvalue weighted by Gasteiger charge is 2.31. The zero-order valence-corrected chi connectivity index (χ0v) is 11.1. The Bertz CT molecular complexity index is 566. The molecule has 2 aromatic rings. The molecule has 1 fully saturated rings. The summed E-state index contributed by atoms with van der Waals surface area (Å²) in [5.74, 6) is -0.212. The van der Waals surface area contributed by atoms with E-state index in [0.29, 0.717) is 5.89 Å². The Hall–Kier alpha value is -1.73. The van der Waals surface area contributed by atoms with Gasteiger partial charge in [-0.3, -0.25) is 9.69 Å². The van der Waals surface area contributed by atoms with Crippen molar-refractivity contribution in [2.75, 3.05) is 6.54 Å². The van der Waals surface area contributed by atoms with Gasteiger partial charge in [0.05, 0.1) is 6.04 Å². The lowest BCUT2D eigenvalue weighted by molar-refractivity contribution is 0.0987. The molecule has 0 aliphatic carbocycles. The molecule has 0 saturated carbocycles. The molecule has 1 unspecified atom stereocenters. The van der Waals surface area contributed by atoms with Crippen LogP contribution in [0.25, 0.3) is 0 Å². The van der Waals surface area contributed by atoms with Gasteiger partial charge < -0.3 is 10.3 Å². The molecule has 0 bridgehead atoms. The van der Waals surface area contributed by atoms with Gasteiger partial charge in [0.25, 0.3) is 11.7 Å². The fourth-order valence-electron chi connectivity index (χ4n) is 2.38. The zero-order chi connectivity index (χ0) is 13.2. The molecular formula is C12H14N4O2S. The second kappa shape index (κ2) is 5.10. The first-order chi connectivity index (χ1) is 9.24. The van der Waals surface area contributed by atoms with E-state index in [4.69, 9.17) is 10.3 Å². The molecule has 7 heteroatoms. The highest BCUT2D eigenvalue weighted by molar-refractivity contribution is 7.07. The molecular weight excluding hydrogens is 264 g/mol. The second-order valence-electron chi connectivity index (χ2n) is 4.58. The lowest BCUT2D eigenvalue weighted by Crippen LogP contribution is -2.23. The molecule has 3 rings (SSSR count). The van der Waals surface area contributed by atoms with Crippen LogP contribution in [0.15, 0.2) is 21.3 Å². The molecule has 1 aliphatic heterocycles. The Morgan fingerprint density at radius 2 is 2.53 bits per heavy atom. The topological polar surface area (TPSA) is 85.2 Å². The number of nitrogens with two attached hydrogens (primary N) is 1. The Balaban J connectivity index is 1.76. The van der Waals surface area contributed by atoms with Crippen LogP contribution in [0.4, 0.5) is 0 Å². The third kappa shape index (κ3) is 2.52. The van der Waals surface area contributed by atoms with E-state index in [-0.39, 0.29) is 11.9 Å². The Labute approximate surface area is 114 Å². The van der Waals surface area contributed by atoms with Gasteiger partial charge in [0, 0.05) is 6.54 Å². The normalized spacial score (nSPS) is 19.9. The standard InChI is InChI=1S/C12H14N4O2S/c13-10(17)11-14-12(18-15-11)9-2-1-4-16(9)6-8-3-5-19-7-8/h3,5,7,9H,1-2,4,6H2,(H2,13,17). The van der Waals surface area contributed by atoms with Crippen molar-refractivity contribution < 1.29 is 9.32 Å². The van der Waals surface area contributed by atoms with Gasteiger partial charge in [0.15, 0.2) is 0 Å². The van der Waals surface area contributed by atoms with E-state index in [2.05, 4.69) is 31.9 Å². The van der Waals surface area contributed by atoms with Crippen molar-refractivity contribution in [2.45, 2.75) is 25.4 Å². The number of nitrogens with zero attached hydrogens (tertiary/aromatic N) is 3. The lowest BCUT2D eigenvalue weighted by atomic mass is 10.2. The van der Waals surface area contributed by atoms with Crippen LogP contribution in [-0.2, 0) is 6.54 Å². The fourth-order valence-corrected chi connectivity index (χ4v) is 3.04. The van der Waals surface area contributed by atoms with Gasteiger partial charge in [-0.05, 0) is 41.8 Å². The van der Waals surface area contributed by atoms with Crippen molar-refractivity contribution in [3.63, 3.8) is 0 Å². The maximum absolute atomic E-state index is 11.0. The number of amides is 1. The first-order valence-electron chi connectivity index (χ1n) is 6.12. The van der Waals surface area contributed by atoms with E-state index in [9.17, 15) is 4.79 Å². The van der Waals surface area contributed by atoms with Gasteiger partial charge in [0.1, 0.15) is 0 Å². The summed E-state index contributed by atoms with van der Waals surface area (Å²) in [6.45, 7) is 1.86. The van der Waals surface area contributed by atoms with E-state index in [1.807, 2.05) is 0 Å². The number of aromatic nitrogens is 2. The van der Waals surface area contributed by atoms with Gasteiger partial charge in [-0.2, -0.15) is 16.3 Å². The van der Waals surface area contributed by atoms with Crippen molar-refractivity contribution >= 4 is 17.2 Å². The first kappa shape index (κ1) is 12.3. The predicted octanol–water partition coefficient (Wildman–Crippen LogP) is 1.57. The molecule has 0 spiro atoms. The van der Waals surface area contributed by atoms with Crippen molar-refractivity contribution in [2.24, 2.45) is 5.73 Å². The number of likely N-dealkylation sites (tertiary alicyclic amines) is 1. The molecule has 1 saturated heterocycles. The molecule has 2 N–H and O–H groups in total. The number of hydrogen-bond donors (Lipinski definition) is 1. The number of carbonyl (C=O) groups is 1. The fraction of sp³-hybridized carbons (Fsp3) is 0.417. The number of primary amides is 1. The molecule has 1 aliphatic rings. The highest BCUT2D eigenvalue weighted by Crippen LogP contribution is 2.32. The summed E-state index contributed by atoms with van der Waals surface area (Å²) < 4.78 is 5.16. The lowest BCUT2D eigenvalue weighted by Gasteiger charge is -2.20. The molecule has 1 atom stereocenters. The quantitative estimate of drug-likeness (QED) is 0.917. The average molecular weight is 278 g/mol. The molecule has 0 radical (unpaired) electrons. The minimum atomic E-state index is -0.655. The Kier molecular flexibility index (Phi) is 3.31. The summed E-state index contributed by atoms with van der Waals surface area (Å²) in [5, 5.41) is 7.81. The SMILES string of the molecule is NC(=O)c1noc(C2CCCN2Cc2ccsc2)n1. The van der Waals surface area contributed by atoms with Crippen LogP contribution in [0.5, 0.6) is 0 Å². The molecule has 6 nitrogen and oxygen atoms in total. The molecule has 19 heavy (non-hydrogen) atoms. The van der Waals surface area contributed by atoms with Crippen molar-refractivity contribution in [3.05, 3.63) is 34.1 Å². The number of hydrogen-bond acceptors (Lipinski definition) is 6. The van der Waals surface area contributed by atoms with E-state index >= 15 is 0 Å². The van der Waals surface area contributed by atoms with Crippen LogP contribution in [0.2, 0.25) is 0 Å². The molecule has 3 heterocycles. The maximum atomic E-state index is 11.0. The van der Waals surface area contributed by atoms with Crippen LogP contribution in [0.1, 0.15) is 41.0 Å². The summed E-state index contributed by atoms with van der Waals surface area (Å²) >= 11 is 1.69. The van der Waals surface area contributed by atoms with Gasteiger partial charge in [-0.1, -0.05) is 5.16 Å². The average Bonchev–Trinajstić information content (AvgIpc) is 3.09. The van der Waals surface area contributed by atoms with Crippen LogP contribution in [-0.4, -0.2) is 27.5 Å². The minimum absolute atomic E-state index is 0.0441. The Morgan fingerprint density at radius 3 is 3.21 bits per heavy atom. The minimum Gasteiger partial charge on any atom is -0.363 e. The van der Waals surface area contributed by atoms with Crippen LogP contribution in [0, 0.1) is 0 Å². The van der Waals surface area contributed by atoms with Crippen molar-refractivity contribution in [1.29, 1.82) is 0 Å². The highest BCUT2D eigenvalue weighted by atomic mass is 32.1. The summed E-state index contributed by atoms with van der Waals surface area (Å²) in [7, 11) is 0. The monoisotopic (exact) mass is 278 g/mol. The zero-order valence-electron chi connectivity index (χ0n) is 10.3. The van der Waals surface area contributed by atoms with E-state index in [1.165, 1.54) is 5.56 Å². The number of thiophene rings is 1. The molecule has 2 aromatic heterocycles. The van der Waals surface area contributed by atoms with Crippen molar-refractivity contribution in [1.82, 2.24) is 15.0 Å². The Morgan fingerprint density at radius 1 is 1.63 bits per heavy atom. The molecule has 0 aromatic carbocycles. The summed E-state index contributed by atoms with van der Waals surface area (Å²) in [5.41, 5.74) is 6.42. The van der Waals surface area contributed by atoms with E-state index in [1.54, 1.807) is 11.3 Å². The maximum Gasteiger partial charge on any atom is 0.290 e. The third-order valence-corrected chi connectivity index (χ3v) is 4.01. The van der Waals surface area contributed by atoms with Crippen molar-refractivity contribution in [3.8, 4) is 0 Å². The largest absolute Gasteiger partial charge is 0.363 e. The van der Waals surface area contributed by atoms with E-state index < -0.39 is 5.91 Å². The summed E-state index contributed by atoms with van der Waals surface area (Å²) in [6, 6.07) is 2.20. The molecule has 1 amide bonds. The van der Waals surface area contributed by atoms with Gasteiger partial charge >= 0.3 is 0 Å². The summed E-state index contributed by atoms with van der Waals surface area (Å²) in [4.78, 5) is 17.4. The van der Waals surface area contributed by atoms with Crippen LogP contribution >= 0.6 is 11.3 Å².